The Morgan fingerprint density at radius 1 is 1.19 bits per heavy atom. The van der Waals surface area contributed by atoms with Gasteiger partial charge < -0.3 is 10.3 Å². The fourth-order valence-electron chi connectivity index (χ4n) is 4.84. The molecule has 2 saturated heterocycles. The van der Waals surface area contributed by atoms with Gasteiger partial charge in [0, 0.05) is 47.0 Å². The third-order valence-electron chi connectivity index (χ3n) is 6.06. The third kappa shape index (κ3) is 2.64. The number of rotatable bonds is 4. The Kier molecular flexibility index (Phi) is 3.83. The molecule has 2 N–H and O–H groups in total. The summed E-state index contributed by atoms with van der Waals surface area (Å²) in [6, 6.07) is 9.64. The molecule has 134 valence electrons. The van der Waals surface area contributed by atoms with Crippen LogP contribution in [0.1, 0.15) is 47.1 Å². The van der Waals surface area contributed by atoms with E-state index >= 15 is 0 Å². The monoisotopic (exact) mass is 366 g/mol. The van der Waals surface area contributed by atoms with Crippen molar-refractivity contribution in [3.05, 3.63) is 52.6 Å². The van der Waals surface area contributed by atoms with Gasteiger partial charge in [0.1, 0.15) is 5.01 Å². The molecule has 0 radical (unpaired) electrons. The maximum absolute atomic E-state index is 11.6. The van der Waals surface area contributed by atoms with Crippen LogP contribution in [0, 0.1) is 0 Å². The Labute approximate surface area is 156 Å². The molecular weight excluding hydrogens is 344 g/mol. The molecular formula is C20H22N4OS. The molecule has 6 heteroatoms. The Morgan fingerprint density at radius 2 is 2.00 bits per heavy atom. The first kappa shape index (κ1) is 16.0. The van der Waals surface area contributed by atoms with Crippen LogP contribution in [0.15, 0.2) is 42.0 Å². The van der Waals surface area contributed by atoms with Gasteiger partial charge in [0.25, 0.3) is 0 Å². The summed E-state index contributed by atoms with van der Waals surface area (Å²) in [6.45, 7) is 0.984. The van der Waals surface area contributed by atoms with Crippen LogP contribution in [0.5, 0.6) is 0 Å². The van der Waals surface area contributed by atoms with Crippen LogP contribution in [0.2, 0.25) is 0 Å². The van der Waals surface area contributed by atoms with Crippen LogP contribution in [0.25, 0.3) is 10.9 Å². The lowest BCUT2D eigenvalue weighted by Crippen LogP contribution is -2.42. The average molecular weight is 366 g/mol. The molecule has 4 heterocycles. The van der Waals surface area contributed by atoms with E-state index in [0.717, 1.165) is 24.9 Å². The second-order valence-electron chi connectivity index (χ2n) is 7.47. The Hall–Kier alpha value is -2.18. The number of nitrogens with two attached hydrogens (primary N) is 1. The van der Waals surface area contributed by atoms with Crippen molar-refractivity contribution in [2.75, 3.05) is 0 Å². The molecule has 5 rings (SSSR count). The molecule has 3 aromatic rings. The van der Waals surface area contributed by atoms with E-state index in [2.05, 4.69) is 32.1 Å². The fourth-order valence-corrected chi connectivity index (χ4v) is 5.46. The number of benzene rings is 1. The normalized spacial score (nSPS) is 25.8. The summed E-state index contributed by atoms with van der Waals surface area (Å²) < 4.78 is 2.37. The summed E-state index contributed by atoms with van der Waals surface area (Å²) in [4.78, 5) is 18.7. The number of aromatic nitrogens is 2. The number of nitrogens with zero attached hydrogens (tertiary/aromatic N) is 3. The molecule has 0 spiro atoms. The summed E-state index contributed by atoms with van der Waals surface area (Å²) in [7, 11) is 0. The zero-order valence-corrected chi connectivity index (χ0v) is 15.4. The maximum atomic E-state index is 11.6. The molecule has 5 nitrogen and oxygen atoms in total. The van der Waals surface area contributed by atoms with E-state index in [0.29, 0.717) is 23.7 Å². The molecule has 0 saturated carbocycles. The van der Waals surface area contributed by atoms with Crippen molar-refractivity contribution in [1.82, 2.24) is 14.5 Å². The fraction of sp³-hybridized carbons (Fsp3) is 0.400. The molecule has 0 aliphatic carbocycles. The average Bonchev–Trinajstić information content (AvgIpc) is 3.34. The third-order valence-corrected chi connectivity index (χ3v) is 6.83. The molecule has 2 atom stereocenters. The number of piperidine rings is 1. The molecule has 2 aliphatic heterocycles. The highest BCUT2D eigenvalue weighted by atomic mass is 32.1. The van der Waals surface area contributed by atoms with Crippen LogP contribution < -0.4 is 5.73 Å². The first-order valence-electron chi connectivity index (χ1n) is 9.23. The van der Waals surface area contributed by atoms with E-state index in [1.807, 2.05) is 24.4 Å². The second-order valence-corrected chi connectivity index (χ2v) is 8.45. The smallest absolute Gasteiger partial charge is 0.248 e. The standard InChI is InChI=1S/C20H22N4OS/c21-20(25)14-2-1-13-5-7-23(18(13)9-14)17-10-15-3-4-16(11-17)24(15)12-19-22-6-8-26-19/h1-2,5-9,15-17H,3-4,10-12H2,(H2,21,25). The number of carbonyl (C=O) groups excluding carboxylic acids is 1. The van der Waals surface area contributed by atoms with E-state index < -0.39 is 0 Å². The lowest BCUT2D eigenvalue weighted by molar-refractivity contribution is 0.0996. The quantitative estimate of drug-likeness (QED) is 0.768. The number of thiazole rings is 1. The van der Waals surface area contributed by atoms with Gasteiger partial charge in [-0.15, -0.1) is 11.3 Å². The zero-order valence-electron chi connectivity index (χ0n) is 14.5. The topological polar surface area (TPSA) is 64.2 Å². The van der Waals surface area contributed by atoms with Crippen LogP contribution in [-0.4, -0.2) is 32.4 Å². The minimum absolute atomic E-state index is 0.363. The van der Waals surface area contributed by atoms with Gasteiger partial charge in [0.05, 0.1) is 6.54 Å². The molecule has 2 aromatic heterocycles. The van der Waals surface area contributed by atoms with Crippen molar-refractivity contribution in [2.24, 2.45) is 5.73 Å². The van der Waals surface area contributed by atoms with E-state index in [1.54, 1.807) is 11.3 Å². The lowest BCUT2D eigenvalue weighted by atomic mass is 9.97. The van der Waals surface area contributed by atoms with Crippen molar-refractivity contribution in [1.29, 1.82) is 0 Å². The number of carbonyl (C=O) groups is 1. The van der Waals surface area contributed by atoms with Crippen molar-refractivity contribution in [3.63, 3.8) is 0 Å². The minimum atomic E-state index is -0.363. The molecule has 1 amide bonds. The van der Waals surface area contributed by atoms with Crippen molar-refractivity contribution in [2.45, 2.75) is 50.4 Å². The van der Waals surface area contributed by atoms with E-state index in [9.17, 15) is 4.79 Å². The number of fused-ring (bicyclic) bond motifs is 3. The van der Waals surface area contributed by atoms with Gasteiger partial charge in [0.15, 0.2) is 0 Å². The highest BCUT2D eigenvalue weighted by Crippen LogP contribution is 2.42. The Morgan fingerprint density at radius 3 is 2.69 bits per heavy atom. The van der Waals surface area contributed by atoms with Gasteiger partial charge in [-0.2, -0.15) is 0 Å². The SMILES string of the molecule is NC(=O)c1ccc2ccn(C3CC4CCC(C3)N4Cc3nccs3)c2c1. The van der Waals surface area contributed by atoms with Gasteiger partial charge in [0.2, 0.25) is 5.91 Å². The molecule has 2 unspecified atom stereocenters. The predicted octanol–water partition coefficient (Wildman–Crippen LogP) is 3.56. The highest BCUT2D eigenvalue weighted by Gasteiger charge is 2.41. The first-order chi connectivity index (χ1) is 12.7. The molecule has 1 aromatic carbocycles. The summed E-state index contributed by atoms with van der Waals surface area (Å²) >= 11 is 1.75. The van der Waals surface area contributed by atoms with Crippen LogP contribution in [-0.2, 0) is 6.54 Å². The van der Waals surface area contributed by atoms with Crippen molar-refractivity contribution >= 4 is 28.1 Å². The van der Waals surface area contributed by atoms with Crippen LogP contribution in [0.3, 0.4) is 0 Å². The van der Waals surface area contributed by atoms with Gasteiger partial charge >= 0.3 is 0 Å². The number of amides is 1. The zero-order chi connectivity index (χ0) is 17.7. The molecule has 2 aliphatic rings. The van der Waals surface area contributed by atoms with Crippen molar-refractivity contribution < 1.29 is 4.79 Å². The minimum Gasteiger partial charge on any atom is -0.366 e. The maximum Gasteiger partial charge on any atom is 0.248 e. The highest BCUT2D eigenvalue weighted by molar-refractivity contribution is 7.09. The second kappa shape index (κ2) is 6.21. The van der Waals surface area contributed by atoms with Crippen LogP contribution in [0.4, 0.5) is 0 Å². The Balaban J connectivity index is 1.42. The molecule has 26 heavy (non-hydrogen) atoms. The Bertz CT molecular complexity index is 934. The summed E-state index contributed by atoms with van der Waals surface area (Å²) in [5.74, 6) is -0.363. The van der Waals surface area contributed by atoms with Gasteiger partial charge in [-0.25, -0.2) is 4.98 Å². The summed E-state index contributed by atoms with van der Waals surface area (Å²) in [6.07, 6.45) is 8.95. The van der Waals surface area contributed by atoms with E-state index in [1.165, 1.54) is 23.2 Å². The van der Waals surface area contributed by atoms with Gasteiger partial charge in [-0.05, 0) is 49.3 Å². The number of primary amides is 1. The largest absolute Gasteiger partial charge is 0.366 e. The van der Waals surface area contributed by atoms with E-state index in [-0.39, 0.29) is 5.91 Å². The molecule has 2 bridgehead atoms. The summed E-state index contributed by atoms with van der Waals surface area (Å²) in [5.41, 5.74) is 7.19. The van der Waals surface area contributed by atoms with Crippen molar-refractivity contribution in [3.8, 4) is 0 Å². The molecule has 2 fully saturated rings. The summed E-state index contributed by atoms with van der Waals surface area (Å²) in [5, 5.41) is 4.46. The van der Waals surface area contributed by atoms with E-state index in [4.69, 9.17) is 5.73 Å². The predicted molar refractivity (Wildman–Crippen MR) is 103 cm³/mol. The van der Waals surface area contributed by atoms with Gasteiger partial charge in [-0.1, -0.05) is 6.07 Å². The first-order valence-corrected chi connectivity index (χ1v) is 10.1. The van der Waals surface area contributed by atoms with Gasteiger partial charge in [-0.3, -0.25) is 9.69 Å². The number of hydrogen-bond donors (Lipinski definition) is 1. The number of hydrogen-bond acceptors (Lipinski definition) is 4. The lowest BCUT2D eigenvalue weighted by Gasteiger charge is -2.39. The van der Waals surface area contributed by atoms with Crippen LogP contribution >= 0.6 is 11.3 Å².